The lowest BCUT2D eigenvalue weighted by Crippen LogP contribution is -2.24. The molecule has 0 radical (unpaired) electrons. The van der Waals surface area contributed by atoms with Crippen molar-refractivity contribution in [1.29, 1.82) is 0 Å². The Kier molecular flexibility index (Phi) is 6.31. The first-order chi connectivity index (χ1) is 14.2. The lowest BCUT2D eigenvalue weighted by atomic mass is 10.2. The lowest BCUT2D eigenvalue weighted by molar-refractivity contribution is -0.118. The molecule has 0 unspecified atom stereocenters. The van der Waals surface area contributed by atoms with E-state index in [0.717, 1.165) is 17.7 Å². The maximum absolute atomic E-state index is 12.1. The number of rotatable bonds is 9. The fourth-order valence-electron chi connectivity index (χ4n) is 2.44. The molecule has 9 heteroatoms. The predicted octanol–water partition coefficient (Wildman–Crippen LogP) is 3.98. The average Bonchev–Trinajstić information content (AvgIpc) is 3.46. The summed E-state index contributed by atoms with van der Waals surface area (Å²) in [4.78, 5) is 16.3. The molecular formula is C20H19ClN4O3S. The quantitative estimate of drug-likeness (QED) is 0.513. The largest absolute Gasteiger partial charge is 0.477 e. The molecule has 0 aliphatic heterocycles. The van der Waals surface area contributed by atoms with Crippen LogP contribution in [0.4, 0.5) is 0 Å². The van der Waals surface area contributed by atoms with Gasteiger partial charge in [-0.3, -0.25) is 4.79 Å². The maximum atomic E-state index is 12.1. The Bertz CT molecular complexity index is 959. The van der Waals surface area contributed by atoms with Crippen LogP contribution >= 0.6 is 23.4 Å². The van der Waals surface area contributed by atoms with Gasteiger partial charge in [0.05, 0.1) is 12.4 Å². The van der Waals surface area contributed by atoms with Gasteiger partial charge >= 0.3 is 0 Å². The smallest absolute Gasteiger partial charge is 0.277 e. The Hall–Kier alpha value is -2.58. The van der Waals surface area contributed by atoms with Gasteiger partial charge in [-0.15, -0.1) is 10.2 Å². The highest BCUT2D eigenvalue weighted by molar-refractivity contribution is 7.99. The highest BCUT2D eigenvalue weighted by atomic mass is 35.5. The first-order valence-corrected chi connectivity index (χ1v) is 10.6. The molecule has 1 aromatic carbocycles. The molecular weight excluding hydrogens is 412 g/mol. The molecule has 0 saturated heterocycles. The SMILES string of the molecule is O=C(CSc1nnc(-c2ccc(Cl)cc2)o1)NCc1ccc(OCC2CC2)nc1. The summed E-state index contributed by atoms with van der Waals surface area (Å²) in [6.07, 6.45) is 4.20. The number of pyridine rings is 1. The van der Waals surface area contributed by atoms with Crippen LogP contribution in [0, 0.1) is 5.92 Å². The second-order valence-electron chi connectivity index (χ2n) is 6.70. The summed E-state index contributed by atoms with van der Waals surface area (Å²) in [5, 5.41) is 11.8. The van der Waals surface area contributed by atoms with E-state index in [0.29, 0.717) is 34.5 Å². The van der Waals surface area contributed by atoms with E-state index >= 15 is 0 Å². The highest BCUT2D eigenvalue weighted by Crippen LogP contribution is 2.29. The molecule has 4 rings (SSSR count). The number of benzene rings is 1. The van der Waals surface area contributed by atoms with E-state index in [1.165, 1.54) is 24.6 Å². The predicted molar refractivity (Wildman–Crippen MR) is 110 cm³/mol. The molecule has 1 aliphatic rings. The third kappa shape index (κ3) is 5.95. The monoisotopic (exact) mass is 430 g/mol. The highest BCUT2D eigenvalue weighted by Gasteiger charge is 2.22. The number of nitrogens with zero attached hydrogens (tertiary/aromatic N) is 3. The van der Waals surface area contributed by atoms with Gasteiger partial charge in [0, 0.05) is 29.4 Å². The minimum absolute atomic E-state index is 0.129. The van der Waals surface area contributed by atoms with Gasteiger partial charge < -0.3 is 14.5 Å². The van der Waals surface area contributed by atoms with Gasteiger partial charge in [0.1, 0.15) is 0 Å². The Morgan fingerprint density at radius 2 is 2.03 bits per heavy atom. The van der Waals surface area contributed by atoms with Gasteiger partial charge in [0.2, 0.25) is 17.7 Å². The van der Waals surface area contributed by atoms with Gasteiger partial charge in [-0.05, 0) is 48.6 Å². The molecule has 0 bridgehead atoms. The fraction of sp³-hybridized carbons (Fsp3) is 0.300. The van der Waals surface area contributed by atoms with E-state index in [1.807, 2.05) is 12.1 Å². The normalized spacial score (nSPS) is 13.3. The van der Waals surface area contributed by atoms with Crippen LogP contribution in [0.15, 0.2) is 52.2 Å². The summed E-state index contributed by atoms with van der Waals surface area (Å²) < 4.78 is 11.2. The molecule has 1 saturated carbocycles. The zero-order chi connectivity index (χ0) is 20.1. The average molecular weight is 431 g/mol. The van der Waals surface area contributed by atoms with Crippen LogP contribution in [-0.2, 0) is 11.3 Å². The van der Waals surface area contributed by atoms with E-state index in [-0.39, 0.29) is 11.7 Å². The van der Waals surface area contributed by atoms with Crippen molar-refractivity contribution >= 4 is 29.3 Å². The van der Waals surface area contributed by atoms with Crippen LogP contribution < -0.4 is 10.1 Å². The number of ether oxygens (including phenoxy) is 1. The Morgan fingerprint density at radius 1 is 1.21 bits per heavy atom. The molecule has 7 nitrogen and oxygen atoms in total. The van der Waals surface area contributed by atoms with Crippen LogP contribution in [0.3, 0.4) is 0 Å². The van der Waals surface area contributed by atoms with Gasteiger partial charge in [-0.1, -0.05) is 29.4 Å². The first-order valence-electron chi connectivity index (χ1n) is 9.22. The number of amides is 1. The molecule has 1 amide bonds. The van der Waals surface area contributed by atoms with Crippen molar-refractivity contribution in [2.24, 2.45) is 5.92 Å². The second kappa shape index (κ2) is 9.28. The fourth-order valence-corrected chi connectivity index (χ4v) is 3.16. The number of thioether (sulfide) groups is 1. The minimum atomic E-state index is -0.129. The molecule has 1 fully saturated rings. The third-order valence-electron chi connectivity index (χ3n) is 4.28. The minimum Gasteiger partial charge on any atom is -0.477 e. The zero-order valence-corrected chi connectivity index (χ0v) is 17.1. The Morgan fingerprint density at radius 3 is 2.76 bits per heavy atom. The topological polar surface area (TPSA) is 90.1 Å². The number of nitrogens with one attached hydrogen (secondary N) is 1. The molecule has 2 aromatic heterocycles. The number of halogens is 1. The van der Waals surface area contributed by atoms with E-state index in [1.54, 1.807) is 30.5 Å². The molecule has 150 valence electrons. The van der Waals surface area contributed by atoms with Crippen LogP contribution in [0.25, 0.3) is 11.5 Å². The van der Waals surface area contributed by atoms with E-state index < -0.39 is 0 Å². The number of hydrogen-bond acceptors (Lipinski definition) is 7. The number of carbonyl (C=O) groups is 1. The maximum Gasteiger partial charge on any atom is 0.277 e. The second-order valence-corrected chi connectivity index (χ2v) is 8.07. The van der Waals surface area contributed by atoms with Crippen molar-refractivity contribution in [3.8, 4) is 17.3 Å². The molecule has 1 aliphatic carbocycles. The molecule has 0 atom stereocenters. The Balaban J connectivity index is 1.20. The summed E-state index contributed by atoms with van der Waals surface area (Å²) in [6, 6.07) is 10.8. The molecule has 1 N–H and O–H groups in total. The summed E-state index contributed by atoms with van der Waals surface area (Å²) in [7, 11) is 0. The van der Waals surface area contributed by atoms with Crippen molar-refractivity contribution in [3.05, 3.63) is 53.2 Å². The number of carbonyl (C=O) groups excluding carboxylic acids is 1. The standard InChI is InChI=1S/C20H19ClN4O3S/c21-16-6-4-15(5-7-16)19-24-25-20(28-19)29-12-17(26)22-9-14-3-8-18(23-10-14)27-11-13-1-2-13/h3-8,10,13H,1-2,9,11-12H2,(H,22,26). The van der Waals surface area contributed by atoms with Gasteiger partial charge in [0.25, 0.3) is 5.22 Å². The van der Waals surface area contributed by atoms with Crippen molar-refractivity contribution in [3.63, 3.8) is 0 Å². The number of aromatic nitrogens is 3. The molecule has 29 heavy (non-hydrogen) atoms. The Labute approximate surface area is 177 Å². The van der Waals surface area contributed by atoms with Crippen molar-refractivity contribution in [2.75, 3.05) is 12.4 Å². The van der Waals surface area contributed by atoms with Crippen molar-refractivity contribution < 1.29 is 13.9 Å². The van der Waals surface area contributed by atoms with Crippen LogP contribution in [0.2, 0.25) is 5.02 Å². The summed E-state index contributed by atoms with van der Waals surface area (Å²) in [5.74, 6) is 1.75. The molecule has 2 heterocycles. The summed E-state index contributed by atoms with van der Waals surface area (Å²) in [5.41, 5.74) is 1.68. The number of hydrogen-bond donors (Lipinski definition) is 1. The van der Waals surface area contributed by atoms with Gasteiger partial charge in [-0.2, -0.15) is 0 Å². The van der Waals surface area contributed by atoms with Crippen LogP contribution in [0.5, 0.6) is 5.88 Å². The van der Waals surface area contributed by atoms with E-state index in [9.17, 15) is 4.79 Å². The van der Waals surface area contributed by atoms with Gasteiger partial charge in [-0.25, -0.2) is 4.98 Å². The van der Waals surface area contributed by atoms with E-state index in [4.69, 9.17) is 20.8 Å². The summed E-state index contributed by atoms with van der Waals surface area (Å²) in [6.45, 7) is 1.13. The van der Waals surface area contributed by atoms with Crippen molar-refractivity contribution in [1.82, 2.24) is 20.5 Å². The van der Waals surface area contributed by atoms with Crippen LogP contribution in [0.1, 0.15) is 18.4 Å². The molecule has 3 aromatic rings. The third-order valence-corrected chi connectivity index (χ3v) is 5.35. The van der Waals surface area contributed by atoms with Gasteiger partial charge in [0.15, 0.2) is 0 Å². The first kappa shape index (κ1) is 19.7. The van der Waals surface area contributed by atoms with Crippen molar-refractivity contribution in [2.45, 2.75) is 24.6 Å². The zero-order valence-electron chi connectivity index (χ0n) is 15.5. The molecule has 0 spiro atoms. The summed E-state index contributed by atoms with van der Waals surface area (Å²) >= 11 is 7.06. The van der Waals surface area contributed by atoms with Crippen LogP contribution in [-0.4, -0.2) is 33.4 Å². The lowest BCUT2D eigenvalue weighted by Gasteiger charge is -2.06. The van der Waals surface area contributed by atoms with E-state index in [2.05, 4.69) is 20.5 Å².